The Labute approximate surface area is 104 Å². The zero-order chi connectivity index (χ0) is 12.3. The van der Waals surface area contributed by atoms with E-state index in [2.05, 4.69) is 48.6 Å². The molecule has 1 aromatic carbocycles. The molecule has 0 heterocycles. The highest BCUT2D eigenvalue weighted by Crippen LogP contribution is 2.26. The zero-order valence-corrected chi connectivity index (χ0v) is 10.9. The molecule has 2 rings (SSSR count). The van der Waals surface area contributed by atoms with Gasteiger partial charge in [0.1, 0.15) is 0 Å². The van der Waals surface area contributed by atoms with E-state index in [1.54, 1.807) is 7.11 Å². The second kappa shape index (κ2) is 5.52. The molecule has 17 heavy (non-hydrogen) atoms. The highest BCUT2D eigenvalue weighted by Gasteiger charge is 2.28. The fourth-order valence-corrected chi connectivity index (χ4v) is 2.24. The van der Waals surface area contributed by atoms with E-state index in [1.165, 1.54) is 11.3 Å². The first-order chi connectivity index (χ1) is 8.17. The third-order valence-corrected chi connectivity index (χ3v) is 3.22. The monoisotopic (exact) mass is 234 g/mol. The van der Waals surface area contributed by atoms with E-state index in [0.29, 0.717) is 12.1 Å². The minimum Gasteiger partial charge on any atom is -0.382 e. The minimum atomic E-state index is 0.456. The van der Waals surface area contributed by atoms with Crippen molar-refractivity contribution in [2.24, 2.45) is 0 Å². The van der Waals surface area contributed by atoms with Crippen LogP contribution in [0.2, 0.25) is 0 Å². The number of hydrogen-bond donors (Lipinski definition) is 1. The lowest BCUT2D eigenvalue weighted by atomic mass is 9.89. The number of benzene rings is 1. The predicted molar refractivity (Wildman–Crippen MR) is 71.3 cm³/mol. The second-order valence-corrected chi connectivity index (χ2v) is 5.11. The third kappa shape index (κ3) is 3.45. The Kier molecular flexibility index (Phi) is 4.02. The average Bonchev–Trinajstić information content (AvgIpc) is 2.22. The molecule has 0 atom stereocenters. The van der Waals surface area contributed by atoms with Crippen molar-refractivity contribution in [1.82, 2.24) is 4.90 Å². The van der Waals surface area contributed by atoms with Crippen LogP contribution in [0.3, 0.4) is 0 Å². The van der Waals surface area contributed by atoms with Gasteiger partial charge in [0.05, 0.1) is 6.10 Å². The van der Waals surface area contributed by atoms with Gasteiger partial charge in [0.15, 0.2) is 0 Å². The molecule has 1 aliphatic rings. The van der Waals surface area contributed by atoms with E-state index >= 15 is 0 Å². The number of methoxy groups -OCH3 is 1. The molecule has 0 saturated heterocycles. The molecular weight excluding hydrogens is 212 g/mol. The molecule has 0 amide bonds. The SMILES string of the molecule is COC1CC(Nc2cccc(CN(C)C)c2)C1. The number of rotatable bonds is 5. The van der Waals surface area contributed by atoms with Crippen molar-refractivity contribution in [2.75, 3.05) is 26.5 Å². The Hall–Kier alpha value is -1.06. The summed E-state index contributed by atoms with van der Waals surface area (Å²) in [4.78, 5) is 2.18. The summed E-state index contributed by atoms with van der Waals surface area (Å²) < 4.78 is 5.28. The largest absolute Gasteiger partial charge is 0.382 e. The highest BCUT2D eigenvalue weighted by atomic mass is 16.5. The molecule has 1 saturated carbocycles. The van der Waals surface area contributed by atoms with E-state index in [1.807, 2.05) is 0 Å². The summed E-state index contributed by atoms with van der Waals surface area (Å²) >= 11 is 0. The Morgan fingerprint density at radius 2 is 2.12 bits per heavy atom. The van der Waals surface area contributed by atoms with Crippen molar-refractivity contribution < 1.29 is 4.74 Å². The van der Waals surface area contributed by atoms with Crippen LogP contribution in [0.25, 0.3) is 0 Å². The van der Waals surface area contributed by atoms with Crippen molar-refractivity contribution in [3.8, 4) is 0 Å². The van der Waals surface area contributed by atoms with Gasteiger partial charge in [0.2, 0.25) is 0 Å². The third-order valence-electron chi connectivity index (χ3n) is 3.22. The van der Waals surface area contributed by atoms with Crippen molar-refractivity contribution in [3.05, 3.63) is 29.8 Å². The van der Waals surface area contributed by atoms with Crippen LogP contribution in [0.4, 0.5) is 5.69 Å². The van der Waals surface area contributed by atoms with Crippen LogP contribution in [-0.4, -0.2) is 38.3 Å². The molecule has 1 aromatic rings. The van der Waals surface area contributed by atoms with E-state index in [0.717, 1.165) is 19.4 Å². The van der Waals surface area contributed by atoms with Crippen molar-refractivity contribution in [1.29, 1.82) is 0 Å². The van der Waals surface area contributed by atoms with Gasteiger partial charge in [0, 0.05) is 25.4 Å². The number of ether oxygens (including phenoxy) is 1. The van der Waals surface area contributed by atoms with Gasteiger partial charge in [-0.1, -0.05) is 12.1 Å². The zero-order valence-electron chi connectivity index (χ0n) is 10.9. The Balaban J connectivity index is 1.88. The quantitative estimate of drug-likeness (QED) is 0.846. The molecule has 3 nitrogen and oxygen atoms in total. The number of nitrogens with zero attached hydrogens (tertiary/aromatic N) is 1. The summed E-state index contributed by atoms with van der Waals surface area (Å²) in [5.74, 6) is 0. The topological polar surface area (TPSA) is 24.5 Å². The molecule has 0 spiro atoms. The maximum atomic E-state index is 5.28. The van der Waals surface area contributed by atoms with E-state index in [9.17, 15) is 0 Å². The summed E-state index contributed by atoms with van der Waals surface area (Å²) in [6, 6.07) is 9.24. The lowest BCUT2D eigenvalue weighted by Crippen LogP contribution is -2.40. The first-order valence-corrected chi connectivity index (χ1v) is 6.20. The van der Waals surface area contributed by atoms with E-state index in [-0.39, 0.29) is 0 Å². The summed E-state index contributed by atoms with van der Waals surface area (Å²) in [7, 11) is 5.98. The molecule has 1 aliphatic carbocycles. The molecule has 1 N–H and O–H groups in total. The first kappa shape index (κ1) is 12.4. The number of anilines is 1. The molecule has 0 aromatic heterocycles. The van der Waals surface area contributed by atoms with Gasteiger partial charge in [-0.25, -0.2) is 0 Å². The fourth-order valence-electron chi connectivity index (χ4n) is 2.24. The van der Waals surface area contributed by atoms with Crippen molar-refractivity contribution >= 4 is 5.69 Å². The van der Waals surface area contributed by atoms with Crippen molar-refractivity contribution in [2.45, 2.75) is 31.5 Å². The van der Waals surface area contributed by atoms with Crippen LogP contribution in [0.5, 0.6) is 0 Å². The molecule has 0 unspecified atom stereocenters. The van der Waals surface area contributed by atoms with Crippen molar-refractivity contribution in [3.63, 3.8) is 0 Å². The van der Waals surface area contributed by atoms with Gasteiger partial charge in [-0.15, -0.1) is 0 Å². The van der Waals surface area contributed by atoms with Crippen LogP contribution >= 0.6 is 0 Å². The first-order valence-electron chi connectivity index (χ1n) is 6.20. The maximum Gasteiger partial charge on any atom is 0.0610 e. The minimum absolute atomic E-state index is 0.456. The van der Waals surface area contributed by atoms with Crippen LogP contribution in [-0.2, 0) is 11.3 Å². The van der Waals surface area contributed by atoms with Gasteiger partial charge in [-0.05, 0) is 44.6 Å². The molecule has 3 heteroatoms. The summed E-state index contributed by atoms with van der Waals surface area (Å²) in [5, 5.41) is 3.56. The van der Waals surface area contributed by atoms with Gasteiger partial charge in [-0.3, -0.25) is 0 Å². The molecule has 0 aliphatic heterocycles. The molecule has 0 radical (unpaired) electrons. The van der Waals surface area contributed by atoms with Crippen LogP contribution in [0, 0.1) is 0 Å². The van der Waals surface area contributed by atoms with E-state index in [4.69, 9.17) is 4.74 Å². The Morgan fingerprint density at radius 3 is 2.76 bits per heavy atom. The summed E-state index contributed by atoms with van der Waals surface area (Å²) in [5.41, 5.74) is 2.58. The maximum absolute atomic E-state index is 5.28. The van der Waals surface area contributed by atoms with Gasteiger partial charge < -0.3 is 15.0 Å². The molecule has 0 bridgehead atoms. The van der Waals surface area contributed by atoms with Gasteiger partial charge in [0.25, 0.3) is 0 Å². The predicted octanol–water partition coefficient (Wildman–Crippen LogP) is 2.34. The number of nitrogens with one attached hydrogen (secondary N) is 1. The van der Waals surface area contributed by atoms with Crippen LogP contribution < -0.4 is 5.32 Å². The standard InChI is InChI=1S/C14H22N2O/c1-16(2)10-11-5-4-6-12(7-11)15-13-8-14(9-13)17-3/h4-7,13-15H,8-10H2,1-3H3. The van der Waals surface area contributed by atoms with Gasteiger partial charge in [-0.2, -0.15) is 0 Å². The summed E-state index contributed by atoms with van der Waals surface area (Å²) in [6.07, 6.45) is 2.69. The lowest BCUT2D eigenvalue weighted by Gasteiger charge is -2.35. The molecule has 94 valence electrons. The fraction of sp³-hybridized carbons (Fsp3) is 0.571. The van der Waals surface area contributed by atoms with Gasteiger partial charge >= 0.3 is 0 Å². The normalized spacial score (nSPS) is 23.5. The highest BCUT2D eigenvalue weighted by molar-refractivity contribution is 5.47. The average molecular weight is 234 g/mol. The second-order valence-electron chi connectivity index (χ2n) is 5.11. The van der Waals surface area contributed by atoms with Crippen LogP contribution in [0.1, 0.15) is 18.4 Å². The smallest absolute Gasteiger partial charge is 0.0610 e. The number of hydrogen-bond acceptors (Lipinski definition) is 3. The summed E-state index contributed by atoms with van der Waals surface area (Å²) in [6.45, 7) is 0.987. The lowest BCUT2D eigenvalue weighted by molar-refractivity contribution is 0.0329. The molecular formula is C14H22N2O. The van der Waals surface area contributed by atoms with E-state index < -0.39 is 0 Å². The molecule has 1 fully saturated rings. The Morgan fingerprint density at radius 1 is 1.35 bits per heavy atom. The van der Waals surface area contributed by atoms with Crippen LogP contribution in [0.15, 0.2) is 24.3 Å². The Bertz CT molecular complexity index is 359.